The summed E-state index contributed by atoms with van der Waals surface area (Å²) in [7, 11) is 0. The van der Waals surface area contributed by atoms with Crippen molar-refractivity contribution in [2.75, 3.05) is 5.32 Å². The van der Waals surface area contributed by atoms with E-state index in [0.717, 1.165) is 10.2 Å². The largest absolute Gasteiger partial charge is 0.350 e. The molecule has 0 aliphatic rings. The molecular formula is C23H17FN6O3. The van der Waals surface area contributed by atoms with Crippen molar-refractivity contribution in [2.24, 2.45) is 0 Å². The Morgan fingerprint density at radius 3 is 2.73 bits per heavy atom. The van der Waals surface area contributed by atoms with Gasteiger partial charge in [-0.2, -0.15) is 4.98 Å². The van der Waals surface area contributed by atoms with Gasteiger partial charge in [0.05, 0.1) is 5.56 Å². The van der Waals surface area contributed by atoms with Crippen LogP contribution in [0.4, 0.5) is 10.1 Å². The average molecular weight is 444 g/mol. The standard InChI is InChI=1S/C23H17FN6O3/c1-14-12-16(24)9-10-18(14)25-19(31)13-30-23(32)29-11-5-8-17(21(29)27-30)22-26-20(28-33-22)15-6-3-2-4-7-15/h2-12H,13H2,1H3,(H,25,31). The zero-order valence-corrected chi connectivity index (χ0v) is 17.4. The molecule has 5 rings (SSSR count). The van der Waals surface area contributed by atoms with Crippen molar-refractivity contribution in [3.8, 4) is 22.8 Å². The first-order valence-electron chi connectivity index (χ1n) is 10.0. The van der Waals surface area contributed by atoms with Gasteiger partial charge in [0.2, 0.25) is 11.7 Å². The molecule has 164 valence electrons. The molecule has 0 radical (unpaired) electrons. The van der Waals surface area contributed by atoms with Crippen molar-refractivity contribution in [3.63, 3.8) is 0 Å². The number of amides is 1. The Balaban J connectivity index is 1.45. The highest BCUT2D eigenvalue weighted by Gasteiger charge is 2.18. The molecule has 3 aromatic heterocycles. The Kier molecular flexibility index (Phi) is 5.02. The molecule has 10 heteroatoms. The smallest absolute Gasteiger partial charge is 0.333 e. The van der Waals surface area contributed by atoms with Gasteiger partial charge in [-0.15, -0.1) is 5.10 Å². The van der Waals surface area contributed by atoms with Gasteiger partial charge in [-0.1, -0.05) is 35.5 Å². The summed E-state index contributed by atoms with van der Waals surface area (Å²) in [5.74, 6) is -0.265. The van der Waals surface area contributed by atoms with Crippen molar-refractivity contribution < 1.29 is 13.7 Å². The Labute approximate surface area is 186 Å². The first kappa shape index (κ1) is 20.3. The molecule has 3 heterocycles. The highest BCUT2D eigenvalue weighted by molar-refractivity contribution is 5.91. The quantitative estimate of drug-likeness (QED) is 0.446. The number of aromatic nitrogens is 5. The van der Waals surface area contributed by atoms with Crippen molar-refractivity contribution in [3.05, 3.63) is 88.7 Å². The van der Waals surface area contributed by atoms with E-state index >= 15 is 0 Å². The number of benzene rings is 2. The topological polar surface area (TPSA) is 107 Å². The summed E-state index contributed by atoms with van der Waals surface area (Å²) < 4.78 is 21.0. The number of anilines is 1. The monoisotopic (exact) mass is 444 g/mol. The van der Waals surface area contributed by atoms with Crippen molar-refractivity contribution >= 4 is 17.2 Å². The summed E-state index contributed by atoms with van der Waals surface area (Å²) in [6.07, 6.45) is 1.54. The number of carbonyl (C=O) groups excluding carboxylic acids is 1. The molecule has 5 aromatic rings. The summed E-state index contributed by atoms with van der Waals surface area (Å²) in [6.45, 7) is 1.35. The summed E-state index contributed by atoms with van der Waals surface area (Å²) in [6, 6.07) is 16.7. The van der Waals surface area contributed by atoms with Crippen LogP contribution in [0.2, 0.25) is 0 Å². The van der Waals surface area contributed by atoms with Crippen LogP contribution in [0.5, 0.6) is 0 Å². The molecule has 33 heavy (non-hydrogen) atoms. The van der Waals surface area contributed by atoms with Crippen LogP contribution in [0.25, 0.3) is 28.5 Å². The first-order valence-corrected chi connectivity index (χ1v) is 10.0. The van der Waals surface area contributed by atoms with Gasteiger partial charge in [0.25, 0.3) is 5.89 Å². The number of carbonyl (C=O) groups is 1. The van der Waals surface area contributed by atoms with Crippen LogP contribution < -0.4 is 11.0 Å². The molecule has 0 spiro atoms. The zero-order chi connectivity index (χ0) is 22.9. The van der Waals surface area contributed by atoms with E-state index in [-0.39, 0.29) is 18.1 Å². The minimum atomic E-state index is -0.499. The third kappa shape index (κ3) is 3.89. The highest BCUT2D eigenvalue weighted by Crippen LogP contribution is 2.24. The Bertz CT molecular complexity index is 1540. The predicted molar refractivity (Wildman–Crippen MR) is 118 cm³/mol. The number of aryl methyl sites for hydroxylation is 1. The fraction of sp³-hybridized carbons (Fsp3) is 0.0870. The maximum Gasteiger partial charge on any atom is 0.350 e. The number of pyridine rings is 1. The van der Waals surface area contributed by atoms with Gasteiger partial charge in [0.15, 0.2) is 5.65 Å². The minimum Gasteiger partial charge on any atom is -0.333 e. The van der Waals surface area contributed by atoms with E-state index in [1.165, 1.54) is 22.6 Å². The molecule has 0 fully saturated rings. The van der Waals surface area contributed by atoms with Crippen molar-refractivity contribution in [2.45, 2.75) is 13.5 Å². The number of halogens is 1. The van der Waals surface area contributed by atoms with E-state index in [2.05, 4.69) is 20.6 Å². The molecule has 0 aliphatic heterocycles. The van der Waals surface area contributed by atoms with Crippen LogP contribution in [0.1, 0.15) is 5.56 Å². The fourth-order valence-electron chi connectivity index (χ4n) is 3.44. The molecule has 0 saturated heterocycles. The highest BCUT2D eigenvalue weighted by atomic mass is 19.1. The summed E-state index contributed by atoms with van der Waals surface area (Å²) in [4.78, 5) is 29.7. The van der Waals surface area contributed by atoms with Crippen molar-refractivity contribution in [1.29, 1.82) is 0 Å². The zero-order valence-electron chi connectivity index (χ0n) is 17.4. The third-order valence-electron chi connectivity index (χ3n) is 5.05. The minimum absolute atomic E-state index is 0.197. The summed E-state index contributed by atoms with van der Waals surface area (Å²) in [5.41, 5.74) is 2.04. The van der Waals surface area contributed by atoms with Gasteiger partial charge in [0, 0.05) is 17.4 Å². The Morgan fingerprint density at radius 1 is 1.12 bits per heavy atom. The second-order valence-electron chi connectivity index (χ2n) is 7.35. The number of hydrogen-bond donors (Lipinski definition) is 1. The average Bonchev–Trinajstić information content (AvgIpc) is 3.42. The van der Waals surface area contributed by atoms with E-state index < -0.39 is 17.4 Å². The lowest BCUT2D eigenvalue weighted by atomic mass is 10.2. The molecule has 0 bridgehead atoms. The van der Waals surface area contributed by atoms with E-state index in [4.69, 9.17) is 4.52 Å². The SMILES string of the molecule is Cc1cc(F)ccc1NC(=O)Cn1nc2c(-c3nc(-c4ccccc4)no3)cccn2c1=O. The van der Waals surface area contributed by atoms with Crippen LogP contribution in [0, 0.1) is 12.7 Å². The lowest BCUT2D eigenvalue weighted by Crippen LogP contribution is -2.28. The van der Waals surface area contributed by atoms with Gasteiger partial charge in [-0.25, -0.2) is 18.3 Å². The van der Waals surface area contributed by atoms with E-state index in [1.807, 2.05) is 30.3 Å². The maximum atomic E-state index is 13.3. The van der Waals surface area contributed by atoms with Gasteiger partial charge in [-0.05, 0) is 42.8 Å². The number of nitrogens with one attached hydrogen (secondary N) is 1. The van der Waals surface area contributed by atoms with Crippen LogP contribution in [0.15, 0.2) is 76.2 Å². The van der Waals surface area contributed by atoms with E-state index in [0.29, 0.717) is 22.6 Å². The van der Waals surface area contributed by atoms with Gasteiger partial charge >= 0.3 is 5.69 Å². The number of rotatable bonds is 5. The van der Waals surface area contributed by atoms with Gasteiger partial charge < -0.3 is 9.84 Å². The first-order chi connectivity index (χ1) is 16.0. The van der Waals surface area contributed by atoms with Crippen LogP contribution >= 0.6 is 0 Å². The summed E-state index contributed by atoms with van der Waals surface area (Å²) >= 11 is 0. The van der Waals surface area contributed by atoms with Gasteiger partial charge in [-0.3, -0.25) is 4.79 Å². The molecule has 0 unspecified atom stereocenters. The lowest BCUT2D eigenvalue weighted by Gasteiger charge is -2.07. The second-order valence-corrected chi connectivity index (χ2v) is 7.35. The van der Waals surface area contributed by atoms with Crippen LogP contribution in [-0.4, -0.2) is 30.2 Å². The normalized spacial score (nSPS) is 11.1. The number of nitrogens with zero attached hydrogens (tertiary/aromatic N) is 5. The van der Waals surface area contributed by atoms with Crippen molar-refractivity contribution in [1.82, 2.24) is 24.3 Å². The molecule has 9 nitrogen and oxygen atoms in total. The molecule has 2 aromatic carbocycles. The fourth-order valence-corrected chi connectivity index (χ4v) is 3.44. The Hall–Kier alpha value is -4.60. The molecule has 0 atom stereocenters. The van der Waals surface area contributed by atoms with Gasteiger partial charge in [0.1, 0.15) is 12.4 Å². The third-order valence-corrected chi connectivity index (χ3v) is 5.05. The molecule has 1 amide bonds. The predicted octanol–water partition coefficient (Wildman–Crippen LogP) is 3.30. The van der Waals surface area contributed by atoms with Crippen LogP contribution in [0.3, 0.4) is 0 Å². The number of fused-ring (bicyclic) bond motifs is 1. The van der Waals surface area contributed by atoms with E-state index in [1.54, 1.807) is 25.3 Å². The Morgan fingerprint density at radius 2 is 1.94 bits per heavy atom. The molecule has 0 aliphatic carbocycles. The maximum absolute atomic E-state index is 13.3. The van der Waals surface area contributed by atoms with E-state index in [9.17, 15) is 14.0 Å². The lowest BCUT2D eigenvalue weighted by molar-refractivity contribution is -0.117. The molecule has 1 N–H and O–H groups in total. The van der Waals surface area contributed by atoms with Crippen LogP contribution in [-0.2, 0) is 11.3 Å². The molecule has 0 saturated carbocycles. The molecular weight excluding hydrogens is 427 g/mol. The summed E-state index contributed by atoms with van der Waals surface area (Å²) in [5, 5.41) is 11.0. The number of hydrogen-bond acceptors (Lipinski definition) is 6. The second kappa shape index (κ2) is 8.15.